The third-order valence-corrected chi connectivity index (χ3v) is 1.79. The van der Waals surface area contributed by atoms with Crippen molar-refractivity contribution in [3.63, 3.8) is 0 Å². The lowest BCUT2D eigenvalue weighted by Gasteiger charge is -2.06. The minimum Gasteiger partial charge on any atom is -0.449 e. The Labute approximate surface area is 81.3 Å². The summed E-state index contributed by atoms with van der Waals surface area (Å²) in [6.07, 6.45) is -0.422. The number of hydrogen-bond acceptors (Lipinski definition) is 3. The van der Waals surface area contributed by atoms with Crippen LogP contribution in [0.1, 0.15) is 0 Å². The fourth-order valence-electron chi connectivity index (χ4n) is 1.21. The van der Waals surface area contributed by atoms with E-state index in [1.165, 1.54) is 0 Å². The van der Waals surface area contributed by atoms with Gasteiger partial charge in [-0.1, -0.05) is 12.1 Å². The highest BCUT2D eigenvalue weighted by atomic mass is 16.7. The first-order chi connectivity index (χ1) is 6.75. The lowest BCUT2D eigenvalue weighted by Crippen LogP contribution is -2.28. The fourth-order valence-corrected chi connectivity index (χ4v) is 1.21. The molecule has 0 bridgehead atoms. The average Bonchev–Trinajstić information content (AvgIpc) is 2.57. The van der Waals surface area contributed by atoms with Crippen molar-refractivity contribution in [1.29, 1.82) is 0 Å². The Hall–Kier alpha value is -1.91. The van der Waals surface area contributed by atoms with E-state index < -0.39 is 6.29 Å². The second-order valence-corrected chi connectivity index (χ2v) is 2.88. The third kappa shape index (κ3) is 1.71. The molecule has 0 unspecified atom stereocenters. The molecule has 0 fully saturated rings. The Morgan fingerprint density at radius 3 is 2.29 bits per heavy atom. The molecule has 1 aliphatic heterocycles. The molecule has 0 radical (unpaired) electrons. The molecule has 0 atom stereocenters. The number of para-hydroxylation sites is 2. The highest BCUT2D eigenvalue weighted by molar-refractivity contribution is 5.75. The van der Waals surface area contributed by atoms with E-state index >= 15 is 0 Å². The number of aliphatic imine (C=N–C) groups is 1. The van der Waals surface area contributed by atoms with Crippen LogP contribution >= 0.6 is 0 Å². The molecule has 0 saturated heterocycles. The first kappa shape index (κ1) is 8.68. The molecule has 14 heavy (non-hydrogen) atoms. The summed E-state index contributed by atoms with van der Waals surface area (Å²) < 4.78 is 10.8. The van der Waals surface area contributed by atoms with Crippen LogP contribution in [0.2, 0.25) is 0 Å². The zero-order valence-corrected chi connectivity index (χ0v) is 7.51. The highest BCUT2D eigenvalue weighted by Crippen LogP contribution is 2.33. The molecule has 0 spiro atoms. The van der Waals surface area contributed by atoms with Crippen LogP contribution in [0.15, 0.2) is 29.3 Å². The summed E-state index contributed by atoms with van der Waals surface area (Å²) >= 11 is 0. The predicted octanol–water partition coefficient (Wildman–Crippen LogP) is 0.0573. The van der Waals surface area contributed by atoms with Crippen molar-refractivity contribution in [2.45, 2.75) is 6.29 Å². The Morgan fingerprint density at radius 1 is 1.21 bits per heavy atom. The van der Waals surface area contributed by atoms with Crippen LogP contribution in [0.4, 0.5) is 0 Å². The number of nitrogens with two attached hydrogens (primary N) is 2. The quantitative estimate of drug-likeness (QED) is 0.513. The summed E-state index contributed by atoms with van der Waals surface area (Å²) in [5, 5.41) is 0. The van der Waals surface area contributed by atoms with Gasteiger partial charge >= 0.3 is 0 Å². The van der Waals surface area contributed by atoms with Crippen molar-refractivity contribution in [3.8, 4) is 11.5 Å². The van der Waals surface area contributed by atoms with Gasteiger partial charge in [0.05, 0.1) is 0 Å². The largest absolute Gasteiger partial charge is 0.449 e. The van der Waals surface area contributed by atoms with E-state index in [0.29, 0.717) is 6.54 Å². The van der Waals surface area contributed by atoms with E-state index in [1.807, 2.05) is 24.3 Å². The fraction of sp³-hybridized carbons (Fsp3) is 0.222. The minimum atomic E-state index is -0.422. The summed E-state index contributed by atoms with van der Waals surface area (Å²) in [6, 6.07) is 7.44. The van der Waals surface area contributed by atoms with Gasteiger partial charge in [0.25, 0.3) is 6.29 Å². The second kappa shape index (κ2) is 3.45. The summed E-state index contributed by atoms with van der Waals surface area (Å²) in [4.78, 5) is 3.81. The Balaban J connectivity index is 2.02. The first-order valence-electron chi connectivity index (χ1n) is 4.23. The average molecular weight is 193 g/mol. The molecule has 74 valence electrons. The maximum Gasteiger partial charge on any atom is 0.260 e. The molecule has 1 aromatic rings. The summed E-state index contributed by atoms with van der Waals surface area (Å²) in [6.45, 7) is 0.303. The number of guanidine groups is 1. The maximum atomic E-state index is 5.42. The lowest BCUT2D eigenvalue weighted by atomic mass is 10.3. The summed E-state index contributed by atoms with van der Waals surface area (Å²) in [5.74, 6) is 1.49. The molecule has 5 heteroatoms. The monoisotopic (exact) mass is 193 g/mol. The molecule has 0 amide bonds. The van der Waals surface area contributed by atoms with E-state index in [-0.39, 0.29) is 5.96 Å². The molecular weight excluding hydrogens is 182 g/mol. The van der Waals surface area contributed by atoms with Crippen LogP contribution in [0.5, 0.6) is 11.5 Å². The molecule has 1 aliphatic rings. The number of hydrogen-bond donors (Lipinski definition) is 2. The van der Waals surface area contributed by atoms with Gasteiger partial charge in [0.1, 0.15) is 6.54 Å². The third-order valence-electron chi connectivity index (χ3n) is 1.79. The molecular formula is C9H11N3O2. The van der Waals surface area contributed by atoms with Crippen molar-refractivity contribution in [2.75, 3.05) is 6.54 Å². The first-order valence-corrected chi connectivity index (χ1v) is 4.23. The molecule has 1 aromatic carbocycles. The smallest absolute Gasteiger partial charge is 0.260 e. The summed E-state index contributed by atoms with van der Waals surface area (Å²) in [7, 11) is 0. The molecule has 4 N–H and O–H groups in total. The minimum absolute atomic E-state index is 0.0353. The number of ether oxygens (including phenoxy) is 2. The van der Waals surface area contributed by atoms with Gasteiger partial charge in [0.15, 0.2) is 17.5 Å². The van der Waals surface area contributed by atoms with Gasteiger partial charge in [-0.3, -0.25) is 0 Å². The van der Waals surface area contributed by atoms with E-state index in [4.69, 9.17) is 20.9 Å². The van der Waals surface area contributed by atoms with Crippen LogP contribution in [0.3, 0.4) is 0 Å². The van der Waals surface area contributed by atoms with Gasteiger partial charge < -0.3 is 20.9 Å². The zero-order chi connectivity index (χ0) is 9.97. The van der Waals surface area contributed by atoms with Gasteiger partial charge in [-0.05, 0) is 12.1 Å². The van der Waals surface area contributed by atoms with E-state index in [9.17, 15) is 0 Å². The van der Waals surface area contributed by atoms with Crippen molar-refractivity contribution < 1.29 is 9.47 Å². The number of fused-ring (bicyclic) bond motifs is 1. The van der Waals surface area contributed by atoms with Gasteiger partial charge in [-0.15, -0.1) is 0 Å². The predicted molar refractivity (Wildman–Crippen MR) is 52.2 cm³/mol. The van der Waals surface area contributed by atoms with Crippen LogP contribution in [0, 0.1) is 0 Å². The van der Waals surface area contributed by atoms with E-state index in [1.54, 1.807) is 0 Å². The molecule has 1 heterocycles. The SMILES string of the molecule is NC(N)=NCC1Oc2ccccc2O1. The number of benzene rings is 1. The Bertz CT molecular complexity index is 336. The molecule has 0 aromatic heterocycles. The van der Waals surface area contributed by atoms with Crippen molar-refractivity contribution in [3.05, 3.63) is 24.3 Å². The van der Waals surface area contributed by atoms with Crippen molar-refractivity contribution in [1.82, 2.24) is 0 Å². The number of nitrogens with zero attached hydrogens (tertiary/aromatic N) is 1. The second-order valence-electron chi connectivity index (χ2n) is 2.88. The lowest BCUT2D eigenvalue weighted by molar-refractivity contribution is 0.0585. The van der Waals surface area contributed by atoms with E-state index in [0.717, 1.165) is 11.5 Å². The normalized spacial score (nSPS) is 14.0. The standard InChI is InChI=1S/C9H11N3O2/c10-9(11)12-5-8-13-6-3-1-2-4-7(6)14-8/h1-4,8H,5H2,(H4,10,11,12). The Kier molecular flexibility index (Phi) is 2.14. The highest BCUT2D eigenvalue weighted by Gasteiger charge is 2.22. The van der Waals surface area contributed by atoms with Crippen LogP contribution in [0.25, 0.3) is 0 Å². The van der Waals surface area contributed by atoms with Crippen molar-refractivity contribution in [2.24, 2.45) is 16.5 Å². The van der Waals surface area contributed by atoms with E-state index in [2.05, 4.69) is 4.99 Å². The molecule has 0 aliphatic carbocycles. The van der Waals surface area contributed by atoms with Gasteiger partial charge in [-0.2, -0.15) is 0 Å². The zero-order valence-electron chi connectivity index (χ0n) is 7.51. The molecule has 2 rings (SSSR count). The maximum absolute atomic E-state index is 5.42. The van der Waals surface area contributed by atoms with Crippen molar-refractivity contribution >= 4 is 5.96 Å². The van der Waals surface area contributed by atoms with Gasteiger partial charge in [0, 0.05) is 0 Å². The van der Waals surface area contributed by atoms with Gasteiger partial charge in [0.2, 0.25) is 0 Å². The topological polar surface area (TPSA) is 82.9 Å². The molecule has 0 saturated carbocycles. The van der Waals surface area contributed by atoms with Crippen LogP contribution in [-0.2, 0) is 0 Å². The Morgan fingerprint density at radius 2 is 1.79 bits per heavy atom. The van der Waals surface area contributed by atoms with Crippen LogP contribution < -0.4 is 20.9 Å². The van der Waals surface area contributed by atoms with Crippen LogP contribution in [-0.4, -0.2) is 18.8 Å². The molecule has 5 nitrogen and oxygen atoms in total. The van der Waals surface area contributed by atoms with Gasteiger partial charge in [-0.25, -0.2) is 4.99 Å². The summed E-state index contributed by atoms with van der Waals surface area (Å²) in [5.41, 5.74) is 10.4. The number of rotatable bonds is 2.